The van der Waals surface area contributed by atoms with Crippen LogP contribution in [0.15, 0.2) is 16.6 Å². The molecule has 1 aromatic carbocycles. The molecule has 0 unspecified atom stereocenters. The molecule has 6 heteroatoms. The number of anilines is 1. The summed E-state index contributed by atoms with van der Waals surface area (Å²) in [4.78, 5) is 22.9. The minimum atomic E-state index is -0.232. The first-order valence-corrected chi connectivity index (χ1v) is 6.29. The Hall–Kier alpha value is -1.56. The van der Waals surface area contributed by atoms with Crippen molar-refractivity contribution in [3.63, 3.8) is 0 Å². The van der Waals surface area contributed by atoms with E-state index < -0.39 is 0 Å². The van der Waals surface area contributed by atoms with E-state index in [4.69, 9.17) is 5.73 Å². The molecule has 0 bridgehead atoms. The fourth-order valence-electron chi connectivity index (χ4n) is 1.45. The van der Waals surface area contributed by atoms with Crippen LogP contribution in [0, 0.1) is 6.92 Å². The van der Waals surface area contributed by atoms with E-state index in [9.17, 15) is 9.59 Å². The van der Waals surface area contributed by atoms with E-state index in [1.807, 2.05) is 0 Å². The number of amides is 2. The average Bonchev–Trinajstić information content (AvgIpc) is 2.33. The number of nitrogens with one attached hydrogen (secondary N) is 2. The highest BCUT2D eigenvalue weighted by molar-refractivity contribution is 9.10. The van der Waals surface area contributed by atoms with Gasteiger partial charge in [-0.1, -0.05) is 15.9 Å². The van der Waals surface area contributed by atoms with Crippen molar-refractivity contribution in [3.8, 4) is 0 Å². The molecule has 0 atom stereocenters. The molecule has 0 fully saturated rings. The van der Waals surface area contributed by atoms with E-state index in [0.717, 1.165) is 10.0 Å². The van der Waals surface area contributed by atoms with Crippen LogP contribution in [0.1, 0.15) is 22.3 Å². The van der Waals surface area contributed by atoms with Crippen molar-refractivity contribution in [3.05, 3.63) is 27.7 Å². The van der Waals surface area contributed by atoms with Crippen LogP contribution in [0.5, 0.6) is 0 Å². The number of carbonyl (C=O) groups excluding carboxylic acids is 2. The molecular formula is C12H16BrN3O2. The third-order valence-electron chi connectivity index (χ3n) is 2.57. The number of halogens is 1. The first-order valence-electron chi connectivity index (χ1n) is 5.50. The van der Waals surface area contributed by atoms with Gasteiger partial charge >= 0.3 is 0 Å². The van der Waals surface area contributed by atoms with Crippen LogP contribution >= 0.6 is 15.9 Å². The fraction of sp³-hybridized carbons (Fsp3) is 0.333. The lowest BCUT2D eigenvalue weighted by atomic mass is 10.1. The number of rotatable bonds is 4. The SMILES string of the molecule is CNC(=O)CCNC(=O)c1cc(Br)cc(N)c1C. The summed E-state index contributed by atoms with van der Waals surface area (Å²) in [5.74, 6) is -0.342. The predicted octanol–water partition coefficient (Wildman–Crippen LogP) is 1.21. The van der Waals surface area contributed by atoms with Gasteiger partial charge in [-0.05, 0) is 24.6 Å². The number of hydrogen-bond donors (Lipinski definition) is 3. The Morgan fingerprint density at radius 1 is 1.39 bits per heavy atom. The van der Waals surface area contributed by atoms with Crippen molar-refractivity contribution in [2.45, 2.75) is 13.3 Å². The van der Waals surface area contributed by atoms with Crippen LogP contribution in [0.25, 0.3) is 0 Å². The Labute approximate surface area is 114 Å². The maximum atomic E-state index is 11.9. The first-order chi connectivity index (χ1) is 8.45. The molecule has 0 heterocycles. The highest BCUT2D eigenvalue weighted by Gasteiger charge is 2.12. The smallest absolute Gasteiger partial charge is 0.251 e. The molecule has 1 rings (SSSR count). The highest BCUT2D eigenvalue weighted by atomic mass is 79.9. The molecule has 5 nitrogen and oxygen atoms in total. The molecule has 0 aliphatic heterocycles. The number of benzene rings is 1. The second kappa shape index (κ2) is 6.39. The molecular weight excluding hydrogens is 298 g/mol. The van der Waals surface area contributed by atoms with Crippen molar-refractivity contribution in [1.29, 1.82) is 0 Å². The second-order valence-electron chi connectivity index (χ2n) is 3.85. The molecule has 0 aliphatic rings. The van der Waals surface area contributed by atoms with E-state index in [1.165, 1.54) is 0 Å². The summed E-state index contributed by atoms with van der Waals surface area (Å²) in [6.07, 6.45) is 0.255. The van der Waals surface area contributed by atoms with Crippen LogP contribution < -0.4 is 16.4 Å². The van der Waals surface area contributed by atoms with E-state index >= 15 is 0 Å². The minimum Gasteiger partial charge on any atom is -0.398 e. The van der Waals surface area contributed by atoms with Crippen LogP contribution in [0.4, 0.5) is 5.69 Å². The summed E-state index contributed by atoms with van der Waals surface area (Å²) in [7, 11) is 1.56. The lowest BCUT2D eigenvalue weighted by Crippen LogP contribution is -2.29. The first kappa shape index (κ1) is 14.5. The average molecular weight is 314 g/mol. The van der Waals surface area contributed by atoms with Crippen molar-refractivity contribution < 1.29 is 9.59 Å². The Morgan fingerprint density at radius 2 is 2.06 bits per heavy atom. The predicted molar refractivity (Wildman–Crippen MR) is 74.3 cm³/mol. The molecule has 0 saturated heterocycles. The van der Waals surface area contributed by atoms with E-state index in [2.05, 4.69) is 26.6 Å². The third-order valence-corrected chi connectivity index (χ3v) is 3.03. The van der Waals surface area contributed by atoms with E-state index in [0.29, 0.717) is 17.8 Å². The summed E-state index contributed by atoms with van der Waals surface area (Å²) < 4.78 is 0.752. The molecule has 1 aromatic rings. The zero-order chi connectivity index (χ0) is 13.7. The standard InChI is InChI=1S/C12H16BrN3O2/c1-7-9(5-8(13)6-10(7)14)12(18)16-4-3-11(17)15-2/h5-6H,3-4,14H2,1-2H3,(H,15,17)(H,16,18). The van der Waals surface area contributed by atoms with Gasteiger partial charge < -0.3 is 16.4 Å². The summed E-state index contributed by atoms with van der Waals surface area (Å²) >= 11 is 3.29. The Kier molecular flexibility index (Phi) is 5.15. The Morgan fingerprint density at radius 3 is 2.67 bits per heavy atom. The van der Waals surface area contributed by atoms with Crippen LogP contribution in [-0.4, -0.2) is 25.4 Å². The summed E-state index contributed by atoms with van der Waals surface area (Å²) in [6.45, 7) is 2.08. The van der Waals surface area contributed by atoms with Crippen molar-refractivity contribution in [2.24, 2.45) is 0 Å². The van der Waals surface area contributed by atoms with Gasteiger partial charge in [-0.25, -0.2) is 0 Å². The summed E-state index contributed by atoms with van der Waals surface area (Å²) in [5, 5.41) is 5.17. The Balaban J connectivity index is 2.70. The van der Waals surface area contributed by atoms with Gasteiger partial charge in [0.2, 0.25) is 5.91 Å². The molecule has 98 valence electrons. The van der Waals surface area contributed by atoms with Crippen molar-refractivity contribution >= 4 is 33.4 Å². The largest absolute Gasteiger partial charge is 0.398 e. The molecule has 18 heavy (non-hydrogen) atoms. The third kappa shape index (κ3) is 3.73. The zero-order valence-electron chi connectivity index (χ0n) is 10.3. The van der Waals surface area contributed by atoms with E-state index in [1.54, 1.807) is 26.1 Å². The van der Waals surface area contributed by atoms with Crippen molar-refractivity contribution in [1.82, 2.24) is 10.6 Å². The normalized spacial score (nSPS) is 9.94. The van der Waals surface area contributed by atoms with E-state index in [-0.39, 0.29) is 18.2 Å². The number of carbonyl (C=O) groups is 2. The molecule has 0 aliphatic carbocycles. The van der Waals surface area contributed by atoms with Gasteiger partial charge in [0.05, 0.1) is 0 Å². The fourth-order valence-corrected chi connectivity index (χ4v) is 1.92. The topological polar surface area (TPSA) is 84.2 Å². The lowest BCUT2D eigenvalue weighted by Gasteiger charge is -2.10. The Bertz CT molecular complexity index is 475. The minimum absolute atomic E-state index is 0.110. The molecule has 0 spiro atoms. The molecule has 4 N–H and O–H groups in total. The molecule has 0 radical (unpaired) electrons. The van der Waals surface area contributed by atoms with Gasteiger partial charge in [0.15, 0.2) is 0 Å². The van der Waals surface area contributed by atoms with Gasteiger partial charge in [-0.3, -0.25) is 9.59 Å². The molecule has 0 saturated carbocycles. The summed E-state index contributed by atoms with van der Waals surface area (Å²) in [5.41, 5.74) is 7.58. The van der Waals surface area contributed by atoms with Gasteiger partial charge in [-0.15, -0.1) is 0 Å². The molecule has 0 aromatic heterocycles. The quantitative estimate of drug-likeness (QED) is 0.730. The lowest BCUT2D eigenvalue weighted by molar-refractivity contribution is -0.120. The maximum absolute atomic E-state index is 11.9. The maximum Gasteiger partial charge on any atom is 0.251 e. The molecule has 2 amide bonds. The summed E-state index contributed by atoms with van der Waals surface area (Å²) in [6, 6.07) is 3.46. The van der Waals surface area contributed by atoms with Crippen LogP contribution in [0.2, 0.25) is 0 Å². The van der Waals surface area contributed by atoms with Gasteiger partial charge in [0.1, 0.15) is 0 Å². The van der Waals surface area contributed by atoms with Gasteiger partial charge in [0.25, 0.3) is 5.91 Å². The monoisotopic (exact) mass is 313 g/mol. The van der Waals surface area contributed by atoms with Gasteiger partial charge in [0, 0.05) is 35.7 Å². The second-order valence-corrected chi connectivity index (χ2v) is 4.76. The van der Waals surface area contributed by atoms with Crippen LogP contribution in [0.3, 0.4) is 0 Å². The van der Waals surface area contributed by atoms with Gasteiger partial charge in [-0.2, -0.15) is 0 Å². The number of nitrogens with two attached hydrogens (primary N) is 1. The number of hydrogen-bond acceptors (Lipinski definition) is 3. The van der Waals surface area contributed by atoms with Crippen LogP contribution in [-0.2, 0) is 4.79 Å². The van der Waals surface area contributed by atoms with Crippen molar-refractivity contribution in [2.75, 3.05) is 19.3 Å². The number of nitrogen functional groups attached to an aromatic ring is 1. The highest BCUT2D eigenvalue weighted by Crippen LogP contribution is 2.22. The zero-order valence-corrected chi connectivity index (χ0v) is 11.9.